The molecular formula is C27H34N8O5. The molecule has 0 saturated carbocycles. The fourth-order valence-corrected chi connectivity index (χ4v) is 3.67. The third-order valence-electron chi connectivity index (χ3n) is 5.50. The molecule has 13 heteroatoms. The largest absolute Gasteiger partial charge is 0.454 e. The van der Waals surface area contributed by atoms with Crippen LogP contribution in [0.15, 0.2) is 55.1 Å². The molecule has 1 aromatic heterocycles. The van der Waals surface area contributed by atoms with Gasteiger partial charge in [0.1, 0.15) is 0 Å². The first-order valence-corrected chi connectivity index (χ1v) is 12.9. The predicted octanol–water partition coefficient (Wildman–Crippen LogP) is 2.28. The molecule has 0 atom stereocenters. The van der Waals surface area contributed by atoms with Crippen molar-refractivity contribution in [1.82, 2.24) is 20.3 Å². The number of hydrogen-bond acceptors (Lipinski definition) is 12. The van der Waals surface area contributed by atoms with Crippen molar-refractivity contribution in [3.05, 3.63) is 66.2 Å². The van der Waals surface area contributed by atoms with Gasteiger partial charge in [-0.1, -0.05) is 24.3 Å². The van der Waals surface area contributed by atoms with E-state index >= 15 is 0 Å². The number of fused-ring (bicyclic) bond motifs is 1. The normalized spacial score (nSPS) is 11.6. The van der Waals surface area contributed by atoms with Crippen LogP contribution in [0.3, 0.4) is 0 Å². The summed E-state index contributed by atoms with van der Waals surface area (Å²) in [6.07, 6.45) is 1.71. The number of hydrogen-bond donors (Lipinski definition) is 5. The highest BCUT2D eigenvalue weighted by molar-refractivity contribution is 5.95. The molecule has 1 aliphatic rings. The zero-order valence-electron chi connectivity index (χ0n) is 22.2. The highest BCUT2D eigenvalue weighted by Gasteiger charge is 2.17. The van der Waals surface area contributed by atoms with E-state index in [9.17, 15) is 4.79 Å². The maximum Gasteiger partial charge on any atom is 0.251 e. The van der Waals surface area contributed by atoms with Gasteiger partial charge in [0, 0.05) is 43.0 Å². The van der Waals surface area contributed by atoms with Gasteiger partial charge in [-0.25, -0.2) is 0 Å². The van der Waals surface area contributed by atoms with Gasteiger partial charge in [0.05, 0.1) is 26.4 Å². The fraction of sp³-hybridized carbons (Fsp3) is 0.333. The van der Waals surface area contributed by atoms with Crippen LogP contribution in [0.4, 0.5) is 23.5 Å². The monoisotopic (exact) mass is 550 g/mol. The smallest absolute Gasteiger partial charge is 0.251 e. The molecule has 0 aliphatic carbocycles. The number of para-hydroxylation sites is 1. The van der Waals surface area contributed by atoms with Crippen LogP contribution in [0.1, 0.15) is 15.9 Å². The van der Waals surface area contributed by atoms with Crippen LogP contribution in [0.25, 0.3) is 0 Å². The molecular weight excluding hydrogens is 516 g/mol. The minimum atomic E-state index is -0.223. The van der Waals surface area contributed by atoms with Crippen LogP contribution >= 0.6 is 0 Å². The van der Waals surface area contributed by atoms with E-state index in [1.165, 1.54) is 0 Å². The molecule has 1 aliphatic heterocycles. The quantitative estimate of drug-likeness (QED) is 0.123. The molecule has 0 spiro atoms. The van der Waals surface area contributed by atoms with Gasteiger partial charge >= 0.3 is 0 Å². The van der Waals surface area contributed by atoms with Crippen LogP contribution in [0.2, 0.25) is 0 Å². The molecule has 1 amide bonds. The second kappa shape index (κ2) is 15.2. The van der Waals surface area contributed by atoms with Crippen molar-refractivity contribution in [2.45, 2.75) is 6.54 Å². The van der Waals surface area contributed by atoms with Crippen molar-refractivity contribution < 1.29 is 23.7 Å². The lowest BCUT2D eigenvalue weighted by Crippen LogP contribution is -2.27. The van der Waals surface area contributed by atoms with Gasteiger partial charge in [-0.15, -0.1) is 6.58 Å². The summed E-state index contributed by atoms with van der Waals surface area (Å²) in [5, 5.41) is 12.3. The van der Waals surface area contributed by atoms with Crippen molar-refractivity contribution in [2.24, 2.45) is 5.73 Å². The van der Waals surface area contributed by atoms with E-state index < -0.39 is 0 Å². The number of carbonyl (C=O) groups is 1. The van der Waals surface area contributed by atoms with E-state index in [1.54, 1.807) is 24.3 Å². The summed E-state index contributed by atoms with van der Waals surface area (Å²) in [5.41, 5.74) is 7.40. The minimum absolute atomic E-state index is 0.192. The maximum atomic E-state index is 12.6. The standard InChI is InChI=1S/C27H34N8O5/c1-2-10-30-25-33-26(31-17-20-6-4-8-22-23(20)40-18-39-22)35-27(34-25)32-21-7-3-5-19(16-21)24(36)29-11-13-38-15-14-37-12-9-28/h2-8,16H,1,9-15,17-18,28H2,(H,29,36)(H3,30,31,32,33,34,35). The molecule has 0 fully saturated rings. The van der Waals surface area contributed by atoms with E-state index in [0.717, 1.165) is 5.56 Å². The average molecular weight is 551 g/mol. The average Bonchev–Trinajstić information content (AvgIpc) is 3.46. The number of aromatic nitrogens is 3. The SMILES string of the molecule is C=CCNc1nc(NCc2cccc3c2OCO3)nc(Nc2cccc(C(=O)NCCOCCOCCN)c2)n1. The van der Waals surface area contributed by atoms with Crippen molar-refractivity contribution >= 4 is 29.4 Å². The Morgan fingerprint density at radius 1 is 0.975 bits per heavy atom. The summed E-state index contributed by atoms with van der Waals surface area (Å²) in [5.74, 6) is 2.19. The van der Waals surface area contributed by atoms with Gasteiger partial charge in [-0.3, -0.25) is 4.79 Å². The van der Waals surface area contributed by atoms with Gasteiger partial charge in [0.2, 0.25) is 24.6 Å². The van der Waals surface area contributed by atoms with E-state index in [0.29, 0.717) is 93.2 Å². The van der Waals surface area contributed by atoms with Gasteiger partial charge in [0.25, 0.3) is 5.91 Å². The first kappa shape index (κ1) is 28.5. The second-order valence-electron chi connectivity index (χ2n) is 8.46. The minimum Gasteiger partial charge on any atom is -0.454 e. The molecule has 4 rings (SSSR count). The lowest BCUT2D eigenvalue weighted by atomic mass is 10.2. The van der Waals surface area contributed by atoms with Crippen molar-refractivity contribution in [2.75, 3.05) is 68.8 Å². The molecule has 6 N–H and O–H groups in total. The van der Waals surface area contributed by atoms with Crippen molar-refractivity contribution in [3.63, 3.8) is 0 Å². The Morgan fingerprint density at radius 2 is 1.75 bits per heavy atom. The van der Waals surface area contributed by atoms with Gasteiger partial charge in [-0.05, 0) is 24.3 Å². The highest BCUT2D eigenvalue weighted by Crippen LogP contribution is 2.35. The lowest BCUT2D eigenvalue weighted by Gasteiger charge is -2.12. The summed E-state index contributed by atoms with van der Waals surface area (Å²) in [6, 6.07) is 12.7. The summed E-state index contributed by atoms with van der Waals surface area (Å²) < 4.78 is 21.7. The summed E-state index contributed by atoms with van der Waals surface area (Å²) >= 11 is 0. The Balaban J connectivity index is 1.36. The zero-order chi connectivity index (χ0) is 28.0. The number of amides is 1. The molecule has 3 aromatic rings. The van der Waals surface area contributed by atoms with E-state index in [2.05, 4.69) is 42.8 Å². The van der Waals surface area contributed by atoms with Crippen LogP contribution in [-0.2, 0) is 16.0 Å². The number of nitrogens with one attached hydrogen (secondary N) is 4. The number of nitrogens with two attached hydrogens (primary N) is 1. The predicted molar refractivity (Wildman–Crippen MR) is 151 cm³/mol. The molecule has 13 nitrogen and oxygen atoms in total. The fourth-order valence-electron chi connectivity index (χ4n) is 3.67. The topological polar surface area (TPSA) is 167 Å². The molecule has 2 aromatic carbocycles. The molecule has 0 bridgehead atoms. The Bertz CT molecular complexity index is 1280. The van der Waals surface area contributed by atoms with Gasteiger partial charge < -0.3 is 45.9 Å². The Hall–Kier alpha value is -4.46. The number of rotatable bonds is 17. The number of nitrogens with zero attached hydrogens (tertiary/aromatic N) is 3. The zero-order valence-corrected chi connectivity index (χ0v) is 22.2. The van der Waals surface area contributed by atoms with Crippen LogP contribution in [0, 0.1) is 0 Å². The molecule has 0 saturated heterocycles. The van der Waals surface area contributed by atoms with E-state index in [-0.39, 0.29) is 12.7 Å². The first-order valence-electron chi connectivity index (χ1n) is 12.9. The second-order valence-corrected chi connectivity index (χ2v) is 8.46. The highest BCUT2D eigenvalue weighted by atomic mass is 16.7. The van der Waals surface area contributed by atoms with Crippen molar-refractivity contribution in [3.8, 4) is 11.5 Å². The molecule has 2 heterocycles. The molecule has 40 heavy (non-hydrogen) atoms. The van der Waals surface area contributed by atoms with E-state index in [4.69, 9.17) is 24.7 Å². The number of carbonyl (C=O) groups excluding carboxylic acids is 1. The van der Waals surface area contributed by atoms with Crippen LogP contribution < -0.4 is 36.5 Å². The van der Waals surface area contributed by atoms with Crippen LogP contribution in [-0.4, -0.2) is 73.7 Å². The molecule has 212 valence electrons. The third kappa shape index (κ3) is 8.53. The van der Waals surface area contributed by atoms with Crippen molar-refractivity contribution in [1.29, 1.82) is 0 Å². The summed E-state index contributed by atoms with van der Waals surface area (Å²) in [7, 11) is 0. The van der Waals surface area contributed by atoms with E-state index in [1.807, 2.05) is 24.3 Å². The van der Waals surface area contributed by atoms with Gasteiger partial charge in [-0.2, -0.15) is 15.0 Å². The Kier molecular flexibility index (Phi) is 10.9. The molecule has 0 unspecified atom stereocenters. The number of anilines is 4. The molecule has 0 radical (unpaired) electrons. The van der Waals surface area contributed by atoms with Crippen LogP contribution in [0.5, 0.6) is 11.5 Å². The summed E-state index contributed by atoms with van der Waals surface area (Å²) in [6.45, 7) is 7.44. The van der Waals surface area contributed by atoms with Gasteiger partial charge in [0.15, 0.2) is 11.5 Å². The lowest BCUT2D eigenvalue weighted by molar-refractivity contribution is 0.0511. The number of benzene rings is 2. The number of ether oxygens (including phenoxy) is 4. The summed E-state index contributed by atoms with van der Waals surface area (Å²) in [4.78, 5) is 26.0. The first-order chi connectivity index (χ1) is 19.7. The Morgan fingerprint density at radius 3 is 2.58 bits per heavy atom. The third-order valence-corrected chi connectivity index (χ3v) is 5.50. The Labute approximate surface area is 232 Å². The maximum absolute atomic E-state index is 12.6.